The fraction of sp³-hybridized carbons (Fsp3) is 0.304. The highest BCUT2D eigenvalue weighted by Gasteiger charge is 2.27. The predicted octanol–water partition coefficient (Wildman–Crippen LogP) is 3.04. The Labute approximate surface area is 194 Å². The first-order valence-electron chi connectivity index (χ1n) is 11.0. The Morgan fingerprint density at radius 3 is 2.61 bits per heavy atom. The second kappa shape index (κ2) is 8.36. The molecule has 10 heteroatoms. The monoisotopic (exact) mass is 458 g/mol. The Morgan fingerprint density at radius 1 is 1.03 bits per heavy atom. The molecule has 4 aromatic rings. The zero-order valence-corrected chi connectivity index (χ0v) is 18.6. The molecule has 33 heavy (non-hydrogen) atoms. The largest absolute Gasteiger partial charge is 0.351 e. The van der Waals surface area contributed by atoms with Crippen molar-refractivity contribution in [3.05, 3.63) is 65.4 Å². The molecule has 0 saturated carbocycles. The zero-order valence-electron chi connectivity index (χ0n) is 17.8. The highest BCUT2D eigenvalue weighted by atomic mass is 32.1. The van der Waals surface area contributed by atoms with Crippen LogP contribution in [0.5, 0.6) is 0 Å². The van der Waals surface area contributed by atoms with Crippen LogP contribution in [0, 0.1) is 5.92 Å². The van der Waals surface area contributed by atoms with E-state index in [0.29, 0.717) is 23.5 Å². The van der Waals surface area contributed by atoms with Gasteiger partial charge >= 0.3 is 0 Å². The first kappa shape index (κ1) is 20.0. The van der Waals surface area contributed by atoms with E-state index in [1.54, 1.807) is 18.6 Å². The van der Waals surface area contributed by atoms with Gasteiger partial charge in [-0.1, -0.05) is 40.8 Å². The number of aryl methyl sites for hydroxylation is 1. The molecule has 0 fully saturated rings. The van der Waals surface area contributed by atoms with Gasteiger partial charge in [0.25, 0.3) is 0 Å². The first-order chi connectivity index (χ1) is 16.2. The van der Waals surface area contributed by atoms with Crippen LogP contribution in [0.3, 0.4) is 0 Å². The number of hydrogen-bond acceptors (Lipinski definition) is 8. The summed E-state index contributed by atoms with van der Waals surface area (Å²) in [7, 11) is 0. The molecule has 0 unspecified atom stereocenters. The molecule has 3 N–H and O–H groups in total. The van der Waals surface area contributed by atoms with Gasteiger partial charge in [0.05, 0.1) is 16.3 Å². The normalized spacial score (nSPS) is 17.4. The van der Waals surface area contributed by atoms with Crippen LogP contribution in [0.25, 0.3) is 10.4 Å². The van der Waals surface area contributed by atoms with Crippen molar-refractivity contribution in [2.75, 3.05) is 10.6 Å². The Hall–Kier alpha value is -3.66. The number of carbonyl (C=O) groups is 1. The zero-order chi connectivity index (χ0) is 22.2. The van der Waals surface area contributed by atoms with Gasteiger partial charge in [-0.3, -0.25) is 9.89 Å². The van der Waals surface area contributed by atoms with Crippen LogP contribution in [-0.2, 0) is 30.5 Å². The van der Waals surface area contributed by atoms with Crippen molar-refractivity contribution >= 4 is 28.3 Å². The number of H-pyrrole nitrogens is 1. The average Bonchev–Trinajstić information content (AvgIpc) is 3.58. The molecule has 1 amide bonds. The fourth-order valence-corrected chi connectivity index (χ4v) is 5.35. The van der Waals surface area contributed by atoms with E-state index in [-0.39, 0.29) is 11.8 Å². The summed E-state index contributed by atoms with van der Waals surface area (Å²) in [6.45, 7) is 0. The summed E-state index contributed by atoms with van der Waals surface area (Å²) in [5, 5.41) is 17.8. The van der Waals surface area contributed by atoms with Crippen LogP contribution in [0.15, 0.2) is 42.9 Å². The van der Waals surface area contributed by atoms with E-state index < -0.39 is 0 Å². The lowest BCUT2D eigenvalue weighted by Crippen LogP contribution is -2.28. The molecule has 0 bridgehead atoms. The molecule has 0 spiro atoms. The van der Waals surface area contributed by atoms with Crippen molar-refractivity contribution in [3.63, 3.8) is 0 Å². The van der Waals surface area contributed by atoms with E-state index in [1.807, 2.05) is 0 Å². The maximum Gasteiger partial charge on any atom is 0.229 e. The maximum absolute atomic E-state index is 12.7. The molecule has 0 saturated heterocycles. The summed E-state index contributed by atoms with van der Waals surface area (Å²) >= 11 is 1.42. The molecule has 1 aromatic carbocycles. The van der Waals surface area contributed by atoms with Gasteiger partial charge in [0.1, 0.15) is 0 Å². The van der Waals surface area contributed by atoms with Crippen molar-refractivity contribution in [3.8, 4) is 10.4 Å². The number of fused-ring (bicyclic) bond motifs is 2. The van der Waals surface area contributed by atoms with Gasteiger partial charge in [0.15, 0.2) is 5.13 Å². The predicted molar refractivity (Wildman–Crippen MR) is 125 cm³/mol. The first-order valence-corrected chi connectivity index (χ1v) is 11.8. The van der Waals surface area contributed by atoms with Gasteiger partial charge < -0.3 is 10.6 Å². The van der Waals surface area contributed by atoms with Gasteiger partial charge in [0.2, 0.25) is 11.9 Å². The molecule has 1 atom stereocenters. The van der Waals surface area contributed by atoms with Gasteiger partial charge in [-0.2, -0.15) is 0 Å². The highest BCUT2D eigenvalue weighted by Crippen LogP contribution is 2.30. The third kappa shape index (κ3) is 4.09. The van der Waals surface area contributed by atoms with Crippen molar-refractivity contribution in [2.45, 2.75) is 38.1 Å². The molecule has 2 aliphatic rings. The Morgan fingerprint density at radius 2 is 1.82 bits per heavy atom. The van der Waals surface area contributed by atoms with Crippen LogP contribution in [0.4, 0.5) is 11.1 Å². The molecule has 3 aromatic heterocycles. The number of aromatic amines is 1. The highest BCUT2D eigenvalue weighted by molar-refractivity contribution is 7.19. The smallest absolute Gasteiger partial charge is 0.229 e. The number of hydrogen-bond donors (Lipinski definition) is 3. The van der Waals surface area contributed by atoms with E-state index in [9.17, 15) is 4.79 Å². The molecule has 0 radical (unpaired) electrons. The van der Waals surface area contributed by atoms with Crippen molar-refractivity contribution in [2.24, 2.45) is 5.92 Å². The Kier molecular flexibility index (Phi) is 5.06. The fourth-order valence-electron chi connectivity index (χ4n) is 4.56. The summed E-state index contributed by atoms with van der Waals surface area (Å²) < 4.78 is 0. The molecule has 3 heterocycles. The van der Waals surface area contributed by atoms with Crippen molar-refractivity contribution < 1.29 is 4.79 Å². The minimum absolute atomic E-state index is 0.0297. The number of nitrogens with one attached hydrogen (secondary N) is 3. The number of rotatable bonds is 5. The molecular weight excluding hydrogens is 436 g/mol. The minimum atomic E-state index is -0.120. The lowest BCUT2D eigenvalue weighted by Gasteiger charge is -2.19. The van der Waals surface area contributed by atoms with Crippen LogP contribution in [0.2, 0.25) is 0 Å². The van der Waals surface area contributed by atoms with Crippen LogP contribution in [-0.4, -0.2) is 42.3 Å². The SMILES string of the molecule is O=C(Nc1ncc(-c2cnc(NC3Cc4ccccc4C3)nc2)s1)[C@H]1CCc2[nH]nnc2C1. The summed E-state index contributed by atoms with van der Waals surface area (Å²) in [5.41, 5.74) is 5.57. The molecule has 0 aliphatic heterocycles. The van der Waals surface area contributed by atoms with E-state index in [4.69, 9.17) is 0 Å². The summed E-state index contributed by atoms with van der Waals surface area (Å²) in [6, 6.07) is 8.84. The van der Waals surface area contributed by atoms with E-state index in [0.717, 1.165) is 47.5 Å². The number of anilines is 2. The van der Waals surface area contributed by atoms with Gasteiger partial charge in [-0.05, 0) is 36.8 Å². The average molecular weight is 459 g/mol. The van der Waals surface area contributed by atoms with E-state index >= 15 is 0 Å². The standard InChI is InChI=1S/C23H22N8OS/c32-21(15-5-6-18-19(9-15)30-31-29-18)28-23-26-12-20(33-23)16-10-24-22(25-11-16)27-17-7-13-3-1-2-4-14(13)8-17/h1-4,10-12,15,17H,5-9H2,(H,24,25,27)(H,26,28,32)(H,29,30,31)/t15-/m0/s1. The number of thiazole rings is 1. The quantitative estimate of drug-likeness (QED) is 0.420. The Bertz CT molecular complexity index is 1270. The Balaban J connectivity index is 1.07. The summed E-state index contributed by atoms with van der Waals surface area (Å²) in [4.78, 5) is 27.0. The summed E-state index contributed by atoms with van der Waals surface area (Å²) in [5.74, 6) is 0.474. The summed E-state index contributed by atoms with van der Waals surface area (Å²) in [6.07, 6.45) is 9.47. The third-order valence-corrected chi connectivity index (χ3v) is 7.28. The van der Waals surface area contributed by atoms with Gasteiger partial charge in [-0.25, -0.2) is 15.0 Å². The molecule has 166 valence electrons. The number of aromatic nitrogens is 6. The lowest BCUT2D eigenvalue weighted by atomic mass is 9.89. The maximum atomic E-state index is 12.7. The molecule has 6 rings (SSSR count). The van der Waals surface area contributed by atoms with E-state index in [1.165, 1.54) is 22.5 Å². The van der Waals surface area contributed by atoms with Crippen LogP contribution >= 0.6 is 11.3 Å². The number of amides is 1. The van der Waals surface area contributed by atoms with Crippen LogP contribution < -0.4 is 10.6 Å². The number of benzene rings is 1. The second-order valence-corrected chi connectivity index (χ2v) is 9.54. The molecular formula is C23H22N8OS. The minimum Gasteiger partial charge on any atom is -0.351 e. The number of nitrogens with zero attached hydrogens (tertiary/aromatic N) is 5. The van der Waals surface area contributed by atoms with Gasteiger partial charge in [-0.15, -0.1) is 5.10 Å². The topological polar surface area (TPSA) is 121 Å². The van der Waals surface area contributed by atoms with Gasteiger partial charge in [0, 0.05) is 42.5 Å². The second-order valence-electron chi connectivity index (χ2n) is 8.51. The molecule has 2 aliphatic carbocycles. The number of carbonyl (C=O) groups excluding carboxylic acids is 1. The van der Waals surface area contributed by atoms with Crippen molar-refractivity contribution in [1.29, 1.82) is 0 Å². The van der Waals surface area contributed by atoms with E-state index in [2.05, 4.69) is 65.3 Å². The van der Waals surface area contributed by atoms with Crippen LogP contribution in [0.1, 0.15) is 28.9 Å². The lowest BCUT2D eigenvalue weighted by molar-refractivity contribution is -0.120. The molecule has 9 nitrogen and oxygen atoms in total. The third-order valence-electron chi connectivity index (χ3n) is 6.31. The van der Waals surface area contributed by atoms with Crippen molar-refractivity contribution in [1.82, 2.24) is 30.4 Å².